The SMILES string of the molecule is CC(N=[N+](NS(=O)(=O)c1ccc(Cl)cc1)N1CC(c2ccccc2)C(c2ccc(Cl)cc2)=N1)C(N)=O. The van der Waals surface area contributed by atoms with Crippen molar-refractivity contribution in [1.82, 2.24) is 9.95 Å². The lowest BCUT2D eigenvalue weighted by Crippen LogP contribution is -2.44. The zero-order chi connectivity index (χ0) is 25.9. The van der Waals surface area contributed by atoms with Crippen molar-refractivity contribution in [2.45, 2.75) is 23.8 Å². The summed E-state index contributed by atoms with van der Waals surface area (Å²) in [6, 6.07) is 21.5. The van der Waals surface area contributed by atoms with Crippen LogP contribution in [0.25, 0.3) is 0 Å². The van der Waals surface area contributed by atoms with Gasteiger partial charge in [0.05, 0.1) is 15.7 Å². The molecule has 0 spiro atoms. The van der Waals surface area contributed by atoms with Gasteiger partial charge in [-0.25, -0.2) is 0 Å². The Morgan fingerprint density at radius 2 is 1.64 bits per heavy atom. The molecule has 0 fully saturated rings. The Bertz CT molecular complexity index is 1410. The van der Waals surface area contributed by atoms with E-state index in [2.05, 4.69) is 15.0 Å². The van der Waals surface area contributed by atoms with Crippen LogP contribution < -0.4 is 10.6 Å². The van der Waals surface area contributed by atoms with E-state index in [1.165, 1.54) is 36.3 Å². The molecule has 12 heteroatoms. The van der Waals surface area contributed by atoms with Crippen molar-refractivity contribution in [2.24, 2.45) is 15.9 Å². The fraction of sp³-hybridized carbons (Fsp3) is 0.167. The molecule has 0 bridgehead atoms. The maximum absolute atomic E-state index is 13.1. The number of nitrogens with one attached hydrogen (secondary N) is 1. The van der Waals surface area contributed by atoms with Gasteiger partial charge in [-0.15, -0.1) is 4.83 Å². The minimum Gasteiger partial charge on any atom is -0.368 e. The molecule has 3 aromatic carbocycles. The summed E-state index contributed by atoms with van der Waals surface area (Å²) < 4.78 is 26.3. The van der Waals surface area contributed by atoms with Crippen LogP contribution in [-0.2, 0) is 14.8 Å². The second kappa shape index (κ2) is 10.7. The third-order valence-electron chi connectivity index (χ3n) is 5.48. The lowest BCUT2D eigenvalue weighted by molar-refractivity contribution is -0.773. The van der Waals surface area contributed by atoms with Gasteiger partial charge in [0.25, 0.3) is 10.0 Å². The molecular formula is C24H23Cl2N6O3S+. The molecule has 186 valence electrons. The zero-order valence-electron chi connectivity index (χ0n) is 19.1. The topological polar surface area (TPSA) is 120 Å². The Balaban J connectivity index is 1.76. The van der Waals surface area contributed by atoms with E-state index in [-0.39, 0.29) is 17.4 Å². The number of halogens is 2. The summed E-state index contributed by atoms with van der Waals surface area (Å²) in [7, 11) is -4.11. The number of benzene rings is 3. The van der Waals surface area contributed by atoms with Gasteiger partial charge in [0.15, 0.2) is 11.8 Å². The van der Waals surface area contributed by atoms with Crippen LogP contribution in [0, 0.1) is 0 Å². The van der Waals surface area contributed by atoms with E-state index in [1.54, 1.807) is 12.1 Å². The van der Waals surface area contributed by atoms with Gasteiger partial charge in [0, 0.05) is 25.8 Å². The number of carbonyl (C=O) groups excluding carboxylic acids is 1. The molecule has 1 heterocycles. The summed E-state index contributed by atoms with van der Waals surface area (Å²) >= 11 is 12.0. The molecule has 0 aromatic heterocycles. The smallest absolute Gasteiger partial charge is 0.293 e. The predicted octanol–water partition coefficient (Wildman–Crippen LogP) is 3.94. The van der Waals surface area contributed by atoms with E-state index in [4.69, 9.17) is 28.9 Å². The zero-order valence-corrected chi connectivity index (χ0v) is 21.5. The lowest BCUT2D eigenvalue weighted by atomic mass is 9.91. The Hall–Kier alpha value is -3.47. The summed E-state index contributed by atoms with van der Waals surface area (Å²) in [6.07, 6.45) is 0. The number of nitrogens with two attached hydrogens (primary N) is 1. The van der Waals surface area contributed by atoms with Gasteiger partial charge in [0.2, 0.25) is 5.91 Å². The van der Waals surface area contributed by atoms with Crippen molar-refractivity contribution in [1.29, 1.82) is 0 Å². The van der Waals surface area contributed by atoms with E-state index in [0.29, 0.717) is 15.8 Å². The van der Waals surface area contributed by atoms with Gasteiger partial charge in [0.1, 0.15) is 6.54 Å². The molecule has 1 aliphatic heterocycles. The van der Waals surface area contributed by atoms with Crippen molar-refractivity contribution in [3.63, 3.8) is 0 Å². The van der Waals surface area contributed by atoms with Crippen LogP contribution in [-0.4, -0.2) is 42.7 Å². The molecule has 4 rings (SSSR count). The maximum atomic E-state index is 13.1. The number of hydrogen-bond donors (Lipinski definition) is 2. The van der Waals surface area contributed by atoms with Crippen LogP contribution in [0.5, 0.6) is 0 Å². The van der Waals surface area contributed by atoms with E-state index < -0.39 is 22.0 Å². The molecule has 0 saturated carbocycles. The lowest BCUT2D eigenvalue weighted by Gasteiger charge is -2.14. The van der Waals surface area contributed by atoms with Crippen molar-refractivity contribution >= 4 is 44.8 Å². The predicted molar refractivity (Wildman–Crippen MR) is 137 cm³/mol. The first-order valence-corrected chi connectivity index (χ1v) is 13.1. The molecule has 9 nitrogen and oxygen atoms in total. The number of rotatable bonds is 8. The van der Waals surface area contributed by atoms with E-state index in [1.807, 2.05) is 42.5 Å². The number of carbonyl (C=O) groups is 1. The highest BCUT2D eigenvalue weighted by Gasteiger charge is 2.40. The molecule has 3 N–H and O–H groups in total. The number of hydrogen-bond acceptors (Lipinski definition) is 5. The number of nitrogens with zero attached hydrogens (tertiary/aromatic N) is 4. The highest BCUT2D eigenvalue weighted by molar-refractivity contribution is 7.89. The summed E-state index contributed by atoms with van der Waals surface area (Å²) in [5.41, 5.74) is 7.86. The largest absolute Gasteiger partial charge is 0.368 e. The highest BCUT2D eigenvalue weighted by Crippen LogP contribution is 2.29. The van der Waals surface area contributed by atoms with Gasteiger partial charge >= 0.3 is 0 Å². The molecule has 36 heavy (non-hydrogen) atoms. The first-order chi connectivity index (χ1) is 17.1. The van der Waals surface area contributed by atoms with Crippen LogP contribution in [0.2, 0.25) is 10.0 Å². The van der Waals surface area contributed by atoms with Crippen LogP contribution >= 0.6 is 23.2 Å². The summed E-state index contributed by atoms with van der Waals surface area (Å²) in [4.78, 5) is 15.1. The minimum atomic E-state index is -4.11. The second-order valence-electron chi connectivity index (χ2n) is 8.04. The number of amides is 1. The first-order valence-electron chi connectivity index (χ1n) is 10.9. The Morgan fingerprint density at radius 3 is 2.22 bits per heavy atom. The van der Waals surface area contributed by atoms with E-state index in [0.717, 1.165) is 16.0 Å². The van der Waals surface area contributed by atoms with Crippen LogP contribution in [0.4, 0.5) is 0 Å². The molecule has 2 atom stereocenters. The van der Waals surface area contributed by atoms with Crippen LogP contribution in [0.15, 0.2) is 94.0 Å². The van der Waals surface area contributed by atoms with Crippen molar-refractivity contribution in [3.05, 3.63) is 100 Å². The van der Waals surface area contributed by atoms with E-state index in [9.17, 15) is 13.2 Å². The summed E-state index contributed by atoms with van der Waals surface area (Å²) in [6.45, 7) is 1.70. The first kappa shape index (κ1) is 25.6. The van der Waals surface area contributed by atoms with E-state index >= 15 is 0 Å². The van der Waals surface area contributed by atoms with Crippen LogP contribution in [0.3, 0.4) is 0 Å². The number of sulfonamides is 1. The average Bonchev–Trinajstić information content (AvgIpc) is 3.30. The number of primary amides is 1. The van der Waals surface area contributed by atoms with Gasteiger partial charge in [-0.3, -0.25) is 4.79 Å². The Morgan fingerprint density at radius 1 is 1.06 bits per heavy atom. The molecular weight excluding hydrogens is 523 g/mol. The third kappa shape index (κ3) is 5.84. The van der Waals surface area contributed by atoms with Crippen molar-refractivity contribution < 1.29 is 18.1 Å². The fourth-order valence-corrected chi connectivity index (χ4v) is 4.77. The standard InChI is InChI=1S/C24H22Cl2N6O3S/c1-16(24(27)33)28-32(30-36(34,35)21-13-11-20(26)12-14-21)31-15-22(17-5-3-2-4-6-17)23(29-31)18-7-9-19(25)10-8-18/h2-14,16,22H,15H2,1H3,(H2-,27,28,30,33)/p+1. The Kier molecular flexibility index (Phi) is 7.58. The van der Waals surface area contributed by atoms with Gasteiger partial charge in [-0.05, 0) is 61.0 Å². The highest BCUT2D eigenvalue weighted by atomic mass is 35.5. The summed E-state index contributed by atoms with van der Waals surface area (Å²) in [5.74, 6) is -0.958. The van der Waals surface area contributed by atoms with Crippen LogP contribution in [0.1, 0.15) is 24.0 Å². The monoisotopic (exact) mass is 545 g/mol. The molecule has 0 saturated heterocycles. The van der Waals surface area contributed by atoms with Crippen molar-refractivity contribution in [3.8, 4) is 0 Å². The second-order valence-corrected chi connectivity index (χ2v) is 10.6. The number of hydrazone groups is 1. The molecule has 0 aliphatic carbocycles. The van der Waals surface area contributed by atoms with Crippen molar-refractivity contribution in [2.75, 3.05) is 6.54 Å². The molecule has 3 aromatic rings. The normalized spacial score (nSPS) is 17.0. The maximum Gasteiger partial charge on any atom is 0.293 e. The molecule has 2 unspecified atom stereocenters. The molecule has 1 aliphatic rings. The van der Waals surface area contributed by atoms with Gasteiger partial charge in [-0.1, -0.05) is 58.6 Å². The molecule has 0 radical (unpaired) electrons. The quantitative estimate of drug-likeness (QED) is 0.253. The van der Waals surface area contributed by atoms with Gasteiger partial charge < -0.3 is 5.73 Å². The van der Waals surface area contributed by atoms with Gasteiger partial charge in [-0.2, -0.15) is 8.42 Å². The molecule has 1 amide bonds. The third-order valence-corrected chi connectivity index (χ3v) is 7.28. The fourth-order valence-electron chi connectivity index (χ4n) is 3.56. The average molecular weight is 546 g/mol. The Labute approximate surface area is 218 Å². The minimum absolute atomic E-state index is 0.0421. The summed E-state index contributed by atoms with van der Waals surface area (Å²) in [5, 5.41) is 11.2. The number of hydrazine groups is 2.